The van der Waals surface area contributed by atoms with Crippen molar-refractivity contribution in [1.82, 2.24) is 14.7 Å². The Morgan fingerprint density at radius 2 is 1.74 bits per heavy atom. The van der Waals surface area contributed by atoms with Gasteiger partial charge in [0.1, 0.15) is 0 Å². The van der Waals surface area contributed by atoms with Gasteiger partial charge < -0.3 is 9.80 Å². The van der Waals surface area contributed by atoms with E-state index in [0.29, 0.717) is 31.6 Å². The number of carbonyl (C=O) groups excluding carboxylic acids is 2. The summed E-state index contributed by atoms with van der Waals surface area (Å²) in [5, 5.41) is 0. The molecule has 5 heteroatoms. The highest BCUT2D eigenvalue weighted by atomic mass is 16.2. The Kier molecular flexibility index (Phi) is 6.20. The topological polar surface area (TPSA) is 43.9 Å². The Morgan fingerprint density at radius 3 is 2.33 bits per heavy atom. The van der Waals surface area contributed by atoms with Gasteiger partial charge >= 0.3 is 0 Å². The van der Waals surface area contributed by atoms with Crippen LogP contribution in [-0.2, 0) is 9.59 Å². The van der Waals surface area contributed by atoms with Crippen molar-refractivity contribution in [3.63, 3.8) is 0 Å². The van der Waals surface area contributed by atoms with Crippen LogP contribution in [0.2, 0.25) is 0 Å². The van der Waals surface area contributed by atoms with Gasteiger partial charge in [0.05, 0.1) is 19.3 Å². The van der Waals surface area contributed by atoms with E-state index in [0.717, 1.165) is 25.9 Å². The van der Waals surface area contributed by atoms with E-state index < -0.39 is 0 Å². The summed E-state index contributed by atoms with van der Waals surface area (Å²) in [7, 11) is 0. The van der Waals surface area contributed by atoms with E-state index in [1.807, 2.05) is 9.80 Å². The average Bonchev–Trinajstić information content (AvgIpc) is 3.03. The SMILES string of the molecule is Cc1ccc([C@H](C)N2CN(C3CCN(C(=O)CC(C)C)CC3)CC2=O)cc1. The molecule has 0 bridgehead atoms. The molecule has 2 aliphatic rings. The second kappa shape index (κ2) is 8.42. The van der Waals surface area contributed by atoms with Gasteiger partial charge in [-0.15, -0.1) is 0 Å². The molecule has 1 aromatic carbocycles. The van der Waals surface area contributed by atoms with Gasteiger partial charge in [0.15, 0.2) is 0 Å². The van der Waals surface area contributed by atoms with Crippen LogP contribution in [0.1, 0.15) is 57.2 Å². The molecule has 2 amide bonds. The van der Waals surface area contributed by atoms with E-state index in [-0.39, 0.29) is 17.9 Å². The van der Waals surface area contributed by atoms with Gasteiger partial charge in [-0.3, -0.25) is 14.5 Å². The van der Waals surface area contributed by atoms with E-state index in [4.69, 9.17) is 0 Å². The average molecular weight is 372 g/mol. The van der Waals surface area contributed by atoms with Crippen LogP contribution in [0.4, 0.5) is 0 Å². The zero-order chi connectivity index (χ0) is 19.6. The quantitative estimate of drug-likeness (QED) is 0.798. The molecule has 0 unspecified atom stereocenters. The summed E-state index contributed by atoms with van der Waals surface area (Å²) in [6, 6.07) is 8.94. The van der Waals surface area contributed by atoms with E-state index in [1.54, 1.807) is 0 Å². The molecule has 27 heavy (non-hydrogen) atoms. The van der Waals surface area contributed by atoms with Gasteiger partial charge in [-0.05, 0) is 38.2 Å². The number of hydrogen-bond donors (Lipinski definition) is 0. The lowest BCUT2D eigenvalue weighted by Crippen LogP contribution is -2.46. The third-order valence-corrected chi connectivity index (χ3v) is 5.94. The van der Waals surface area contributed by atoms with Gasteiger partial charge in [-0.25, -0.2) is 0 Å². The third-order valence-electron chi connectivity index (χ3n) is 5.94. The number of amides is 2. The summed E-state index contributed by atoms with van der Waals surface area (Å²) >= 11 is 0. The van der Waals surface area contributed by atoms with Crippen LogP contribution in [0.15, 0.2) is 24.3 Å². The Hall–Kier alpha value is -1.88. The summed E-state index contributed by atoms with van der Waals surface area (Å²) < 4.78 is 0. The van der Waals surface area contributed by atoms with Gasteiger partial charge in [0, 0.05) is 25.6 Å². The van der Waals surface area contributed by atoms with Gasteiger partial charge in [0.25, 0.3) is 0 Å². The Bertz CT molecular complexity index is 663. The molecule has 0 saturated carbocycles. The largest absolute Gasteiger partial charge is 0.343 e. The third kappa shape index (κ3) is 4.70. The molecule has 5 nitrogen and oxygen atoms in total. The highest BCUT2D eigenvalue weighted by Gasteiger charge is 2.36. The van der Waals surface area contributed by atoms with Crippen LogP contribution in [0.5, 0.6) is 0 Å². The van der Waals surface area contributed by atoms with Crippen LogP contribution in [-0.4, -0.2) is 58.9 Å². The summed E-state index contributed by atoms with van der Waals surface area (Å²) in [4.78, 5) is 31.2. The normalized spacial score (nSPS) is 20.6. The lowest BCUT2D eigenvalue weighted by atomic mass is 10.0. The molecule has 0 N–H and O–H groups in total. The van der Waals surface area contributed by atoms with Crippen LogP contribution in [0, 0.1) is 12.8 Å². The number of aryl methyl sites for hydroxylation is 1. The number of carbonyl (C=O) groups is 2. The minimum absolute atomic E-state index is 0.0933. The Balaban J connectivity index is 1.55. The van der Waals surface area contributed by atoms with Crippen molar-refractivity contribution in [2.45, 2.75) is 59.0 Å². The van der Waals surface area contributed by atoms with E-state index in [2.05, 4.69) is 56.9 Å². The van der Waals surface area contributed by atoms with E-state index in [1.165, 1.54) is 11.1 Å². The van der Waals surface area contributed by atoms with Crippen LogP contribution < -0.4 is 0 Å². The lowest BCUT2D eigenvalue weighted by molar-refractivity contribution is -0.133. The van der Waals surface area contributed by atoms with E-state index >= 15 is 0 Å². The monoisotopic (exact) mass is 371 g/mol. The lowest BCUT2D eigenvalue weighted by Gasteiger charge is -2.37. The molecule has 1 aromatic rings. The second-order valence-corrected chi connectivity index (χ2v) is 8.55. The molecule has 3 rings (SSSR count). The Morgan fingerprint density at radius 1 is 1.11 bits per heavy atom. The van der Waals surface area contributed by atoms with E-state index in [9.17, 15) is 9.59 Å². The van der Waals surface area contributed by atoms with Gasteiger partial charge in [-0.1, -0.05) is 43.7 Å². The maximum Gasteiger partial charge on any atom is 0.238 e. The van der Waals surface area contributed by atoms with Gasteiger partial charge in [0.2, 0.25) is 11.8 Å². The molecule has 0 aliphatic carbocycles. The fourth-order valence-electron chi connectivity index (χ4n) is 4.16. The molecule has 2 saturated heterocycles. The smallest absolute Gasteiger partial charge is 0.238 e. The molecule has 0 radical (unpaired) electrons. The minimum Gasteiger partial charge on any atom is -0.343 e. The Labute approximate surface area is 163 Å². The maximum absolute atomic E-state index is 12.6. The fourth-order valence-corrected chi connectivity index (χ4v) is 4.16. The van der Waals surface area contributed by atoms with Crippen molar-refractivity contribution in [2.75, 3.05) is 26.3 Å². The minimum atomic E-state index is 0.0933. The number of piperidine rings is 1. The summed E-state index contributed by atoms with van der Waals surface area (Å²) in [6.07, 6.45) is 2.56. The van der Waals surface area contributed by atoms with Crippen LogP contribution >= 0.6 is 0 Å². The first-order chi connectivity index (χ1) is 12.8. The van der Waals surface area contributed by atoms with Crippen molar-refractivity contribution in [3.05, 3.63) is 35.4 Å². The standard InChI is InChI=1S/C22H33N3O2/c1-16(2)13-21(26)23-11-9-20(10-12-23)24-14-22(27)25(15-24)18(4)19-7-5-17(3)6-8-19/h5-8,16,18,20H,9-15H2,1-4H3/t18-/m0/s1. The number of nitrogens with zero attached hydrogens (tertiary/aromatic N) is 3. The molecule has 148 valence electrons. The zero-order valence-electron chi connectivity index (χ0n) is 17.1. The molecule has 0 spiro atoms. The number of hydrogen-bond acceptors (Lipinski definition) is 3. The molecule has 1 atom stereocenters. The summed E-state index contributed by atoms with van der Waals surface area (Å²) in [5.74, 6) is 0.889. The molecule has 0 aromatic heterocycles. The molecule has 2 aliphatic heterocycles. The first kappa shape index (κ1) is 19.9. The number of benzene rings is 1. The summed E-state index contributed by atoms with van der Waals surface area (Å²) in [5.41, 5.74) is 2.42. The molecule has 2 fully saturated rings. The van der Waals surface area contributed by atoms with Crippen molar-refractivity contribution >= 4 is 11.8 Å². The number of rotatable bonds is 5. The van der Waals surface area contributed by atoms with Crippen molar-refractivity contribution in [1.29, 1.82) is 0 Å². The predicted octanol–water partition coefficient (Wildman–Crippen LogP) is 3.19. The highest BCUT2D eigenvalue weighted by molar-refractivity contribution is 5.80. The number of likely N-dealkylation sites (tertiary alicyclic amines) is 1. The first-order valence-electron chi connectivity index (χ1n) is 10.2. The van der Waals surface area contributed by atoms with Gasteiger partial charge in [-0.2, -0.15) is 0 Å². The summed E-state index contributed by atoms with van der Waals surface area (Å²) in [6.45, 7) is 11.2. The van der Waals surface area contributed by atoms with Crippen molar-refractivity contribution < 1.29 is 9.59 Å². The van der Waals surface area contributed by atoms with Crippen LogP contribution in [0.25, 0.3) is 0 Å². The molecular formula is C22H33N3O2. The predicted molar refractivity (Wildman–Crippen MR) is 107 cm³/mol. The van der Waals surface area contributed by atoms with Crippen LogP contribution in [0.3, 0.4) is 0 Å². The molecular weight excluding hydrogens is 338 g/mol. The van der Waals surface area contributed by atoms with Crippen molar-refractivity contribution in [2.24, 2.45) is 5.92 Å². The fraction of sp³-hybridized carbons (Fsp3) is 0.636. The highest BCUT2D eigenvalue weighted by Crippen LogP contribution is 2.27. The first-order valence-corrected chi connectivity index (χ1v) is 10.2. The molecule has 2 heterocycles. The van der Waals surface area contributed by atoms with Crippen molar-refractivity contribution in [3.8, 4) is 0 Å². The second-order valence-electron chi connectivity index (χ2n) is 8.55. The zero-order valence-corrected chi connectivity index (χ0v) is 17.1. The maximum atomic E-state index is 12.6.